The van der Waals surface area contributed by atoms with Crippen molar-refractivity contribution in [3.63, 3.8) is 0 Å². The van der Waals surface area contributed by atoms with Gasteiger partial charge in [0.2, 0.25) is 0 Å². The second kappa shape index (κ2) is 2.54. The zero-order chi connectivity index (χ0) is 7.83. The summed E-state index contributed by atoms with van der Waals surface area (Å²) in [6.45, 7) is 8.43. The van der Waals surface area contributed by atoms with Gasteiger partial charge in [0, 0.05) is 6.55 Å². The minimum Gasteiger partial charge on any atom is -0.417 e. The first-order chi connectivity index (χ1) is 4.41. The van der Waals surface area contributed by atoms with Crippen LogP contribution in [0.15, 0.2) is 0 Å². The summed E-state index contributed by atoms with van der Waals surface area (Å²) in [5.74, 6) is 0. The van der Waals surface area contributed by atoms with Gasteiger partial charge in [0.05, 0.1) is 0 Å². The second-order valence-electron chi connectivity index (χ2n) is 3.48. The largest absolute Gasteiger partial charge is 0.468 e. The van der Waals surface area contributed by atoms with E-state index in [2.05, 4.69) is 19.6 Å². The molecule has 0 unspecified atom stereocenters. The van der Waals surface area contributed by atoms with E-state index in [0.29, 0.717) is 0 Å². The third kappa shape index (κ3) is 2.29. The molecule has 6 heteroatoms. The fraction of sp³-hybridized carbons (Fsp3) is 1.00. The van der Waals surface area contributed by atoms with Crippen LogP contribution >= 0.6 is 0 Å². The Morgan fingerprint density at radius 3 is 1.90 bits per heavy atom. The summed E-state index contributed by atoms with van der Waals surface area (Å²) in [5, 5.41) is 0. The third-order valence-electron chi connectivity index (χ3n) is 1.13. The molecule has 1 aliphatic heterocycles. The molecule has 0 aromatic heterocycles. The lowest BCUT2D eigenvalue weighted by molar-refractivity contribution is 0.185. The second-order valence-corrected chi connectivity index (χ2v) is 12.8. The van der Waals surface area contributed by atoms with Crippen molar-refractivity contribution in [1.82, 2.24) is 0 Å². The lowest BCUT2D eigenvalue weighted by Crippen LogP contribution is -2.59. The molecule has 60 valence electrons. The van der Waals surface area contributed by atoms with Crippen LogP contribution in [0.5, 0.6) is 0 Å². The Hall–Kier alpha value is 0.531. The molecular formula is C4H14O3Si3. The number of hydrogen-bond donors (Lipinski definition) is 0. The summed E-state index contributed by atoms with van der Waals surface area (Å²) in [4.78, 5) is 0. The van der Waals surface area contributed by atoms with Gasteiger partial charge in [0.1, 0.15) is 0 Å². The van der Waals surface area contributed by atoms with E-state index in [4.69, 9.17) is 12.3 Å². The zero-order valence-corrected chi connectivity index (χ0v) is 10.3. The number of rotatable bonds is 2. The molecule has 1 saturated heterocycles. The van der Waals surface area contributed by atoms with Gasteiger partial charge >= 0.3 is 8.80 Å². The Bertz CT molecular complexity index is 128. The van der Waals surface area contributed by atoms with Gasteiger partial charge in [-0.1, -0.05) is 0 Å². The smallest absolute Gasteiger partial charge is 0.417 e. The summed E-state index contributed by atoms with van der Waals surface area (Å²) in [6, 6.07) is 0. The monoisotopic (exact) mass is 194 g/mol. The Kier molecular flexibility index (Phi) is 2.19. The predicted molar refractivity (Wildman–Crippen MR) is 46.8 cm³/mol. The highest BCUT2D eigenvalue weighted by Gasteiger charge is 2.45. The molecule has 0 spiro atoms. The van der Waals surface area contributed by atoms with Gasteiger partial charge in [0.25, 0.3) is 10.0 Å². The maximum Gasteiger partial charge on any atom is 0.468 e. The lowest BCUT2D eigenvalue weighted by atomic mass is 11.8. The normalized spacial score (nSPS) is 36.0. The standard InChI is InChI=1S/C4H14O3Si3/c1-9(2,3)7-10(4)5-8-6-10/h8H2,1-4H3. The molecule has 0 bridgehead atoms. The number of hydrogen-bond acceptors (Lipinski definition) is 3. The Morgan fingerprint density at radius 2 is 1.80 bits per heavy atom. The van der Waals surface area contributed by atoms with Crippen molar-refractivity contribution in [1.29, 1.82) is 0 Å². The summed E-state index contributed by atoms with van der Waals surface area (Å²) in [5.41, 5.74) is 0. The molecule has 0 aliphatic carbocycles. The van der Waals surface area contributed by atoms with Gasteiger partial charge < -0.3 is 12.3 Å². The first-order valence-corrected chi connectivity index (χ1v) is 10.2. The first-order valence-electron chi connectivity index (χ1n) is 3.39. The van der Waals surface area contributed by atoms with Crippen molar-refractivity contribution in [3.05, 3.63) is 0 Å². The van der Waals surface area contributed by atoms with E-state index in [-0.39, 0.29) is 0 Å². The van der Waals surface area contributed by atoms with E-state index in [0.717, 1.165) is 0 Å². The lowest BCUT2D eigenvalue weighted by Gasteiger charge is -2.39. The van der Waals surface area contributed by atoms with Gasteiger partial charge in [-0.2, -0.15) is 0 Å². The van der Waals surface area contributed by atoms with Crippen LogP contribution in [0.2, 0.25) is 26.2 Å². The van der Waals surface area contributed by atoms with Crippen LogP contribution in [-0.4, -0.2) is 27.1 Å². The van der Waals surface area contributed by atoms with Crippen molar-refractivity contribution < 1.29 is 12.3 Å². The molecule has 3 nitrogen and oxygen atoms in total. The topological polar surface area (TPSA) is 27.7 Å². The zero-order valence-electron chi connectivity index (χ0n) is 6.93. The summed E-state index contributed by atoms with van der Waals surface area (Å²) < 4.78 is 16.5. The van der Waals surface area contributed by atoms with Gasteiger partial charge in [-0.25, -0.2) is 0 Å². The van der Waals surface area contributed by atoms with Crippen molar-refractivity contribution in [2.24, 2.45) is 0 Å². The molecule has 0 atom stereocenters. The average molecular weight is 194 g/mol. The van der Waals surface area contributed by atoms with E-state index in [9.17, 15) is 0 Å². The van der Waals surface area contributed by atoms with Gasteiger partial charge in [-0.3, -0.25) is 0 Å². The maximum atomic E-state index is 5.73. The highest BCUT2D eigenvalue weighted by molar-refractivity contribution is 6.84. The minimum absolute atomic E-state index is 0.609. The Labute approximate surface area is 66.2 Å². The molecule has 0 radical (unpaired) electrons. The van der Waals surface area contributed by atoms with Crippen molar-refractivity contribution >= 4 is 27.1 Å². The summed E-state index contributed by atoms with van der Waals surface area (Å²) in [6.07, 6.45) is 0. The molecule has 1 heterocycles. The molecule has 0 aromatic carbocycles. The molecule has 0 aromatic rings. The van der Waals surface area contributed by atoms with Crippen LogP contribution in [0.1, 0.15) is 0 Å². The van der Waals surface area contributed by atoms with Crippen LogP contribution in [0.3, 0.4) is 0 Å². The Balaban J connectivity index is 2.37. The third-order valence-corrected chi connectivity index (χ3v) is 10.2. The van der Waals surface area contributed by atoms with Gasteiger partial charge in [0.15, 0.2) is 8.32 Å². The fourth-order valence-electron chi connectivity index (χ4n) is 0.840. The van der Waals surface area contributed by atoms with Crippen LogP contribution in [0.25, 0.3) is 0 Å². The summed E-state index contributed by atoms with van der Waals surface area (Å²) >= 11 is 0. The average Bonchev–Trinajstić information content (AvgIpc) is 1.57. The van der Waals surface area contributed by atoms with Crippen LogP contribution in [0.4, 0.5) is 0 Å². The van der Waals surface area contributed by atoms with E-state index in [1.807, 2.05) is 6.55 Å². The first kappa shape index (κ1) is 8.63. The van der Waals surface area contributed by atoms with E-state index >= 15 is 0 Å². The van der Waals surface area contributed by atoms with Gasteiger partial charge in [-0.05, 0) is 19.6 Å². The predicted octanol–water partition coefficient (Wildman–Crippen LogP) is 0.452. The fourth-order valence-corrected chi connectivity index (χ4v) is 8.62. The minimum atomic E-state index is -2.01. The highest BCUT2D eigenvalue weighted by atomic mass is 28.5. The van der Waals surface area contributed by atoms with E-state index in [1.54, 1.807) is 0 Å². The maximum absolute atomic E-state index is 5.73. The summed E-state index contributed by atoms with van der Waals surface area (Å²) in [7, 11) is -4.05. The quantitative estimate of drug-likeness (QED) is 0.598. The van der Waals surface area contributed by atoms with Crippen molar-refractivity contribution in [3.8, 4) is 0 Å². The molecule has 10 heavy (non-hydrogen) atoms. The molecule has 1 rings (SSSR count). The van der Waals surface area contributed by atoms with Crippen LogP contribution < -0.4 is 0 Å². The molecule has 0 amide bonds. The Morgan fingerprint density at radius 1 is 1.30 bits per heavy atom. The molecule has 1 aliphatic rings. The highest BCUT2D eigenvalue weighted by Crippen LogP contribution is 2.21. The van der Waals surface area contributed by atoms with Crippen molar-refractivity contribution in [2.75, 3.05) is 0 Å². The molecule has 1 fully saturated rings. The molecule has 0 N–H and O–H groups in total. The molecular weight excluding hydrogens is 180 g/mol. The van der Waals surface area contributed by atoms with Crippen LogP contribution in [-0.2, 0) is 12.3 Å². The van der Waals surface area contributed by atoms with Crippen molar-refractivity contribution in [2.45, 2.75) is 26.2 Å². The van der Waals surface area contributed by atoms with Gasteiger partial charge in [-0.15, -0.1) is 0 Å². The SMILES string of the molecule is C[Si](C)(C)O[Si]1(C)O[SiH2]O1. The van der Waals surface area contributed by atoms with E-state index < -0.39 is 27.1 Å². The molecule has 0 saturated carbocycles. The van der Waals surface area contributed by atoms with Crippen LogP contribution in [0, 0.1) is 0 Å². The van der Waals surface area contributed by atoms with E-state index in [1.165, 1.54) is 0 Å².